The summed E-state index contributed by atoms with van der Waals surface area (Å²) < 4.78 is 5.60. The lowest BCUT2D eigenvalue weighted by atomic mass is 10.0. The summed E-state index contributed by atoms with van der Waals surface area (Å²) in [6.45, 7) is 0.572. The van der Waals surface area contributed by atoms with E-state index < -0.39 is 6.10 Å². The maximum Gasteiger partial charge on any atom is 0.125 e. The minimum absolute atomic E-state index is 0. The normalized spacial score (nSPS) is 23.7. The van der Waals surface area contributed by atoms with Crippen LogP contribution in [0.4, 0.5) is 0 Å². The Bertz CT molecular complexity index is 360. The second-order valence-corrected chi connectivity index (χ2v) is 4.17. The molecule has 0 radical (unpaired) electrons. The largest absolute Gasteiger partial charge is 0.492 e. The molecule has 0 saturated heterocycles. The zero-order chi connectivity index (χ0) is 10.8. The SMILES string of the molecule is CN[C@@H]1COc2ccc(Cl)cc2[C@H](O)C1.Cl. The molecule has 1 heterocycles. The fourth-order valence-corrected chi connectivity index (χ4v) is 1.95. The number of halogens is 2. The Morgan fingerprint density at radius 1 is 1.50 bits per heavy atom. The van der Waals surface area contributed by atoms with E-state index in [1.165, 1.54) is 0 Å². The second-order valence-electron chi connectivity index (χ2n) is 3.73. The standard InChI is InChI=1S/C11H14ClNO2.ClH/c1-13-8-5-10(14)9-4-7(12)2-3-11(9)15-6-8;/h2-4,8,10,13-14H,5-6H2,1H3;1H/t8-,10+;/m0./s1. The zero-order valence-corrected chi connectivity index (χ0v) is 10.5. The van der Waals surface area contributed by atoms with Gasteiger partial charge in [-0.05, 0) is 31.7 Å². The van der Waals surface area contributed by atoms with E-state index in [1.54, 1.807) is 18.2 Å². The molecule has 1 aliphatic heterocycles. The van der Waals surface area contributed by atoms with Gasteiger partial charge in [-0.25, -0.2) is 0 Å². The lowest BCUT2D eigenvalue weighted by Gasteiger charge is -2.14. The van der Waals surface area contributed by atoms with Gasteiger partial charge in [-0.1, -0.05) is 11.6 Å². The van der Waals surface area contributed by atoms with Gasteiger partial charge in [-0.3, -0.25) is 0 Å². The van der Waals surface area contributed by atoms with Crippen molar-refractivity contribution in [3.8, 4) is 5.75 Å². The topological polar surface area (TPSA) is 41.5 Å². The predicted molar refractivity (Wildman–Crippen MR) is 66.6 cm³/mol. The molecule has 16 heavy (non-hydrogen) atoms. The Labute approximate surface area is 106 Å². The molecule has 2 N–H and O–H groups in total. The molecule has 1 aliphatic rings. The molecule has 0 spiro atoms. The quantitative estimate of drug-likeness (QED) is 0.816. The van der Waals surface area contributed by atoms with Crippen LogP contribution >= 0.6 is 24.0 Å². The average Bonchev–Trinajstić information content (AvgIpc) is 2.39. The Kier molecular flexibility index (Phi) is 4.87. The predicted octanol–water partition coefficient (Wildman–Crippen LogP) is 2.17. The lowest BCUT2D eigenvalue weighted by molar-refractivity contribution is 0.153. The molecule has 0 aromatic heterocycles. The molecular weight excluding hydrogens is 249 g/mol. The highest BCUT2D eigenvalue weighted by Crippen LogP contribution is 2.33. The number of likely N-dealkylation sites (N-methyl/N-ethyl adjacent to an activating group) is 1. The molecule has 1 aromatic rings. The molecule has 2 rings (SSSR count). The van der Waals surface area contributed by atoms with E-state index >= 15 is 0 Å². The van der Waals surface area contributed by atoms with E-state index in [2.05, 4.69) is 5.32 Å². The van der Waals surface area contributed by atoms with E-state index in [0.717, 1.165) is 11.3 Å². The van der Waals surface area contributed by atoms with Gasteiger partial charge in [0.1, 0.15) is 12.4 Å². The van der Waals surface area contributed by atoms with Crippen molar-refractivity contribution in [1.82, 2.24) is 5.32 Å². The maximum absolute atomic E-state index is 9.99. The highest BCUT2D eigenvalue weighted by atomic mass is 35.5. The van der Waals surface area contributed by atoms with E-state index in [1.807, 2.05) is 7.05 Å². The van der Waals surface area contributed by atoms with Crippen LogP contribution in [0.3, 0.4) is 0 Å². The van der Waals surface area contributed by atoms with Gasteiger partial charge in [0.15, 0.2) is 0 Å². The van der Waals surface area contributed by atoms with E-state index in [-0.39, 0.29) is 18.4 Å². The number of aliphatic hydroxyl groups is 1. The third-order valence-electron chi connectivity index (χ3n) is 2.69. The van der Waals surface area contributed by atoms with Crippen LogP contribution in [0.15, 0.2) is 18.2 Å². The van der Waals surface area contributed by atoms with Gasteiger partial charge in [-0.2, -0.15) is 0 Å². The summed E-state index contributed by atoms with van der Waals surface area (Å²) in [4.78, 5) is 0. The first-order valence-electron chi connectivity index (χ1n) is 4.98. The van der Waals surface area contributed by atoms with Crippen LogP contribution in [0.2, 0.25) is 5.02 Å². The molecular formula is C11H15Cl2NO2. The van der Waals surface area contributed by atoms with Crippen LogP contribution in [0.25, 0.3) is 0 Å². The van der Waals surface area contributed by atoms with Crippen molar-refractivity contribution < 1.29 is 9.84 Å². The van der Waals surface area contributed by atoms with Gasteiger partial charge in [-0.15, -0.1) is 12.4 Å². The molecule has 0 aliphatic carbocycles. The van der Waals surface area contributed by atoms with Crippen molar-refractivity contribution in [2.75, 3.05) is 13.7 Å². The number of ether oxygens (including phenoxy) is 1. The van der Waals surface area contributed by atoms with E-state index in [0.29, 0.717) is 18.1 Å². The van der Waals surface area contributed by atoms with E-state index in [4.69, 9.17) is 16.3 Å². The number of rotatable bonds is 1. The van der Waals surface area contributed by atoms with Crippen molar-refractivity contribution in [1.29, 1.82) is 0 Å². The Hall–Kier alpha value is -0.480. The van der Waals surface area contributed by atoms with Crippen molar-refractivity contribution in [2.45, 2.75) is 18.6 Å². The number of nitrogens with one attached hydrogen (secondary N) is 1. The lowest BCUT2D eigenvalue weighted by Crippen LogP contribution is -2.31. The van der Waals surface area contributed by atoms with E-state index in [9.17, 15) is 5.11 Å². The Balaban J connectivity index is 0.00000128. The molecule has 0 amide bonds. The van der Waals surface area contributed by atoms with Crippen molar-refractivity contribution >= 4 is 24.0 Å². The van der Waals surface area contributed by atoms with Gasteiger partial charge in [0.25, 0.3) is 0 Å². The molecule has 90 valence electrons. The number of fused-ring (bicyclic) bond motifs is 1. The fraction of sp³-hybridized carbons (Fsp3) is 0.455. The molecule has 3 nitrogen and oxygen atoms in total. The number of hydrogen-bond donors (Lipinski definition) is 2. The van der Waals surface area contributed by atoms with Gasteiger partial charge in [0.05, 0.1) is 6.10 Å². The Morgan fingerprint density at radius 3 is 2.94 bits per heavy atom. The summed E-state index contributed by atoms with van der Waals surface area (Å²) in [5.74, 6) is 0.727. The van der Waals surface area contributed by atoms with Gasteiger partial charge in [0, 0.05) is 16.6 Å². The molecule has 0 saturated carbocycles. The van der Waals surface area contributed by atoms with Gasteiger partial charge < -0.3 is 15.2 Å². The van der Waals surface area contributed by atoms with Gasteiger partial charge in [0.2, 0.25) is 0 Å². The van der Waals surface area contributed by atoms with Crippen LogP contribution < -0.4 is 10.1 Å². The smallest absolute Gasteiger partial charge is 0.125 e. The number of hydrogen-bond acceptors (Lipinski definition) is 3. The van der Waals surface area contributed by atoms with Crippen LogP contribution in [-0.4, -0.2) is 24.8 Å². The van der Waals surface area contributed by atoms with Crippen LogP contribution in [0.5, 0.6) is 5.75 Å². The van der Waals surface area contributed by atoms with Crippen molar-refractivity contribution in [3.63, 3.8) is 0 Å². The minimum Gasteiger partial charge on any atom is -0.492 e. The zero-order valence-electron chi connectivity index (χ0n) is 8.94. The maximum atomic E-state index is 9.99. The summed E-state index contributed by atoms with van der Waals surface area (Å²) in [6.07, 6.45) is 0.128. The Morgan fingerprint density at radius 2 is 2.25 bits per heavy atom. The molecule has 5 heteroatoms. The summed E-state index contributed by atoms with van der Waals surface area (Å²) in [5, 5.41) is 13.7. The van der Waals surface area contributed by atoms with Crippen LogP contribution in [-0.2, 0) is 0 Å². The summed E-state index contributed by atoms with van der Waals surface area (Å²) >= 11 is 5.88. The third kappa shape index (κ3) is 2.80. The highest BCUT2D eigenvalue weighted by Gasteiger charge is 2.23. The first-order valence-corrected chi connectivity index (χ1v) is 5.36. The average molecular weight is 264 g/mol. The van der Waals surface area contributed by atoms with Crippen LogP contribution in [0, 0.1) is 0 Å². The third-order valence-corrected chi connectivity index (χ3v) is 2.92. The number of aliphatic hydroxyl groups excluding tert-OH is 1. The second kappa shape index (κ2) is 5.73. The molecule has 0 unspecified atom stereocenters. The number of benzene rings is 1. The van der Waals surface area contributed by atoms with Crippen molar-refractivity contribution in [3.05, 3.63) is 28.8 Å². The monoisotopic (exact) mass is 263 g/mol. The highest BCUT2D eigenvalue weighted by molar-refractivity contribution is 6.30. The summed E-state index contributed by atoms with van der Waals surface area (Å²) in [7, 11) is 1.86. The van der Waals surface area contributed by atoms with Gasteiger partial charge >= 0.3 is 0 Å². The molecule has 2 atom stereocenters. The first kappa shape index (κ1) is 13.6. The molecule has 1 aromatic carbocycles. The summed E-state index contributed by atoms with van der Waals surface area (Å²) in [5.41, 5.74) is 0.778. The fourth-order valence-electron chi connectivity index (χ4n) is 1.77. The van der Waals surface area contributed by atoms with Crippen LogP contribution in [0.1, 0.15) is 18.1 Å². The summed E-state index contributed by atoms with van der Waals surface area (Å²) in [6, 6.07) is 5.51. The molecule has 0 bridgehead atoms. The molecule has 0 fully saturated rings. The van der Waals surface area contributed by atoms with Crippen molar-refractivity contribution in [2.24, 2.45) is 0 Å². The minimum atomic E-state index is -0.515. The first-order chi connectivity index (χ1) is 7.20.